The summed E-state index contributed by atoms with van der Waals surface area (Å²) in [6, 6.07) is 16.0. The van der Waals surface area contributed by atoms with Gasteiger partial charge in [-0.1, -0.05) is 12.1 Å². The molecule has 3 heterocycles. The van der Waals surface area contributed by atoms with E-state index in [0.29, 0.717) is 5.95 Å². The number of nitrogens with zero attached hydrogens (tertiary/aromatic N) is 3. The third-order valence-corrected chi connectivity index (χ3v) is 6.27. The maximum absolute atomic E-state index is 12.3. The third-order valence-electron chi connectivity index (χ3n) is 6.27. The highest BCUT2D eigenvalue weighted by Crippen LogP contribution is 2.26. The van der Waals surface area contributed by atoms with Crippen LogP contribution in [0.5, 0.6) is 0 Å². The van der Waals surface area contributed by atoms with Gasteiger partial charge in [0.1, 0.15) is 0 Å². The van der Waals surface area contributed by atoms with Crippen LogP contribution in [-0.4, -0.2) is 54.8 Å². The number of anilines is 4. The largest absolute Gasteiger partial charge is 0.378 e. The standard InChI is InChI=1S/C26H30N6O2/c1-18-17-28-26(30-21-8-10-22(11-9-21)32-13-15-34-16-14-32)31-24(18)19-4-6-20(7-5-19)29-25(33)23-3-2-12-27-23/h4-11,17,23,27H,2-3,12-16H2,1H3,(H,29,33)(H,28,30,31)/t23-/m1/s1. The molecule has 34 heavy (non-hydrogen) atoms. The fraction of sp³-hybridized carbons (Fsp3) is 0.346. The first-order valence-electron chi connectivity index (χ1n) is 11.8. The van der Waals surface area contributed by atoms with Crippen molar-refractivity contribution in [1.29, 1.82) is 0 Å². The van der Waals surface area contributed by atoms with Gasteiger partial charge in [-0.05, 0) is 68.3 Å². The molecule has 0 unspecified atom stereocenters. The molecule has 2 aliphatic rings. The van der Waals surface area contributed by atoms with Crippen LogP contribution >= 0.6 is 0 Å². The first-order valence-corrected chi connectivity index (χ1v) is 11.8. The summed E-state index contributed by atoms with van der Waals surface area (Å²) in [6.45, 7) is 6.26. The highest BCUT2D eigenvalue weighted by atomic mass is 16.5. The van der Waals surface area contributed by atoms with E-state index in [2.05, 4.69) is 38.0 Å². The first-order chi connectivity index (χ1) is 16.7. The molecule has 3 aromatic rings. The van der Waals surface area contributed by atoms with Gasteiger partial charge in [0.15, 0.2) is 0 Å². The topological polar surface area (TPSA) is 91.4 Å². The minimum Gasteiger partial charge on any atom is -0.378 e. The molecule has 1 atom stereocenters. The fourth-order valence-electron chi connectivity index (χ4n) is 4.35. The van der Waals surface area contributed by atoms with E-state index in [-0.39, 0.29) is 11.9 Å². The summed E-state index contributed by atoms with van der Waals surface area (Å²) in [5.41, 5.74) is 5.73. The van der Waals surface area contributed by atoms with Crippen molar-refractivity contribution in [2.24, 2.45) is 0 Å². The second-order valence-electron chi connectivity index (χ2n) is 8.71. The van der Waals surface area contributed by atoms with E-state index in [0.717, 1.165) is 73.9 Å². The molecular weight excluding hydrogens is 428 g/mol. The zero-order valence-electron chi connectivity index (χ0n) is 19.4. The van der Waals surface area contributed by atoms with Crippen LogP contribution in [0.1, 0.15) is 18.4 Å². The predicted octanol–water partition coefficient (Wildman–Crippen LogP) is 3.72. The Balaban J connectivity index is 1.26. The Labute approximate surface area is 199 Å². The van der Waals surface area contributed by atoms with Gasteiger partial charge < -0.3 is 25.6 Å². The Kier molecular flexibility index (Phi) is 6.69. The second kappa shape index (κ2) is 10.2. The molecule has 0 saturated carbocycles. The lowest BCUT2D eigenvalue weighted by Gasteiger charge is -2.28. The third kappa shape index (κ3) is 5.18. The molecule has 0 aliphatic carbocycles. The fourth-order valence-corrected chi connectivity index (χ4v) is 4.35. The summed E-state index contributed by atoms with van der Waals surface area (Å²) in [5.74, 6) is 0.569. The number of carbonyl (C=O) groups excluding carboxylic acids is 1. The van der Waals surface area contributed by atoms with Crippen molar-refractivity contribution in [2.45, 2.75) is 25.8 Å². The van der Waals surface area contributed by atoms with E-state index in [1.165, 1.54) is 5.69 Å². The van der Waals surface area contributed by atoms with E-state index in [9.17, 15) is 4.79 Å². The quantitative estimate of drug-likeness (QED) is 0.519. The Morgan fingerprint density at radius 1 is 1.06 bits per heavy atom. The number of aromatic nitrogens is 2. The van der Waals surface area contributed by atoms with Crippen LogP contribution in [-0.2, 0) is 9.53 Å². The number of carbonyl (C=O) groups is 1. The molecule has 8 nitrogen and oxygen atoms in total. The monoisotopic (exact) mass is 458 g/mol. The van der Waals surface area contributed by atoms with Crippen LogP contribution < -0.4 is 20.9 Å². The van der Waals surface area contributed by atoms with Gasteiger partial charge in [0.05, 0.1) is 24.9 Å². The van der Waals surface area contributed by atoms with Crippen LogP contribution in [0.15, 0.2) is 54.7 Å². The molecule has 2 aromatic carbocycles. The molecule has 5 rings (SSSR count). The molecule has 1 amide bonds. The second-order valence-corrected chi connectivity index (χ2v) is 8.71. The average Bonchev–Trinajstić information content (AvgIpc) is 3.42. The molecule has 1 aromatic heterocycles. The highest BCUT2D eigenvalue weighted by Gasteiger charge is 2.21. The number of benzene rings is 2. The van der Waals surface area contributed by atoms with Crippen molar-refractivity contribution >= 4 is 28.9 Å². The Bertz CT molecular complexity index is 1120. The number of rotatable bonds is 6. The molecule has 2 saturated heterocycles. The van der Waals surface area contributed by atoms with E-state index in [4.69, 9.17) is 9.72 Å². The number of ether oxygens (including phenoxy) is 1. The minimum absolute atomic E-state index is 0.0228. The molecule has 3 N–H and O–H groups in total. The van der Waals surface area contributed by atoms with Crippen molar-refractivity contribution in [2.75, 3.05) is 48.4 Å². The molecule has 176 valence electrons. The molecule has 0 radical (unpaired) electrons. The Morgan fingerprint density at radius 2 is 1.79 bits per heavy atom. The van der Waals surface area contributed by atoms with Crippen molar-refractivity contribution in [3.8, 4) is 11.3 Å². The summed E-state index contributed by atoms with van der Waals surface area (Å²) < 4.78 is 5.43. The van der Waals surface area contributed by atoms with Gasteiger partial charge >= 0.3 is 0 Å². The van der Waals surface area contributed by atoms with Gasteiger partial charge in [-0.15, -0.1) is 0 Å². The summed E-state index contributed by atoms with van der Waals surface area (Å²) in [4.78, 5) is 23.9. The number of aryl methyl sites for hydroxylation is 1. The summed E-state index contributed by atoms with van der Waals surface area (Å²) in [5, 5.41) is 9.53. The maximum atomic E-state index is 12.3. The molecule has 2 aliphatic heterocycles. The normalized spacial score (nSPS) is 18.0. The van der Waals surface area contributed by atoms with Gasteiger partial charge in [-0.3, -0.25) is 4.79 Å². The molecule has 0 spiro atoms. The molecule has 8 heteroatoms. The van der Waals surface area contributed by atoms with Crippen molar-refractivity contribution in [1.82, 2.24) is 15.3 Å². The lowest BCUT2D eigenvalue weighted by Crippen LogP contribution is -2.36. The molecule has 0 bridgehead atoms. The van der Waals surface area contributed by atoms with Crippen molar-refractivity contribution in [3.05, 3.63) is 60.3 Å². The Hall–Kier alpha value is -3.49. The smallest absolute Gasteiger partial charge is 0.241 e. The van der Waals surface area contributed by atoms with Crippen LogP contribution in [0, 0.1) is 6.92 Å². The summed E-state index contributed by atoms with van der Waals surface area (Å²) in [6.07, 6.45) is 3.75. The Morgan fingerprint density at radius 3 is 2.50 bits per heavy atom. The lowest BCUT2D eigenvalue weighted by atomic mass is 10.1. The maximum Gasteiger partial charge on any atom is 0.241 e. The van der Waals surface area contributed by atoms with Crippen molar-refractivity contribution in [3.63, 3.8) is 0 Å². The van der Waals surface area contributed by atoms with Gasteiger partial charge in [0.2, 0.25) is 11.9 Å². The SMILES string of the molecule is Cc1cnc(Nc2ccc(N3CCOCC3)cc2)nc1-c1ccc(NC(=O)[C@H]2CCCN2)cc1. The summed E-state index contributed by atoms with van der Waals surface area (Å²) in [7, 11) is 0. The van der Waals surface area contributed by atoms with Gasteiger partial charge in [-0.25, -0.2) is 9.97 Å². The van der Waals surface area contributed by atoms with E-state index in [1.54, 1.807) is 0 Å². The predicted molar refractivity (Wildman–Crippen MR) is 135 cm³/mol. The minimum atomic E-state index is -0.0969. The van der Waals surface area contributed by atoms with E-state index >= 15 is 0 Å². The highest BCUT2D eigenvalue weighted by molar-refractivity contribution is 5.95. The molecule has 2 fully saturated rings. The number of hydrogen-bond acceptors (Lipinski definition) is 7. The van der Waals surface area contributed by atoms with Crippen LogP contribution in [0.2, 0.25) is 0 Å². The van der Waals surface area contributed by atoms with Gasteiger partial charge in [0, 0.05) is 41.9 Å². The number of morpholine rings is 1. The zero-order valence-corrected chi connectivity index (χ0v) is 19.4. The van der Waals surface area contributed by atoms with Crippen LogP contribution in [0.3, 0.4) is 0 Å². The van der Waals surface area contributed by atoms with Crippen molar-refractivity contribution < 1.29 is 9.53 Å². The zero-order chi connectivity index (χ0) is 23.3. The van der Waals surface area contributed by atoms with Gasteiger partial charge in [-0.2, -0.15) is 0 Å². The van der Waals surface area contributed by atoms with Crippen LogP contribution in [0.4, 0.5) is 23.0 Å². The molecular formula is C26H30N6O2. The number of amides is 1. The van der Waals surface area contributed by atoms with E-state index in [1.807, 2.05) is 49.5 Å². The summed E-state index contributed by atoms with van der Waals surface area (Å²) >= 11 is 0. The van der Waals surface area contributed by atoms with Crippen LogP contribution in [0.25, 0.3) is 11.3 Å². The van der Waals surface area contributed by atoms with Gasteiger partial charge in [0.25, 0.3) is 0 Å². The number of nitrogens with one attached hydrogen (secondary N) is 3. The number of hydrogen-bond donors (Lipinski definition) is 3. The first kappa shape index (κ1) is 22.3. The van der Waals surface area contributed by atoms with E-state index < -0.39 is 0 Å². The lowest BCUT2D eigenvalue weighted by molar-refractivity contribution is -0.117. The average molecular weight is 459 g/mol.